The molecular formula is C10H8ClNO3. The lowest BCUT2D eigenvalue weighted by molar-refractivity contribution is -0.144. The third-order valence-electron chi connectivity index (χ3n) is 1.72. The molecule has 0 fully saturated rings. The van der Waals surface area contributed by atoms with Gasteiger partial charge < -0.3 is 9.84 Å². The van der Waals surface area contributed by atoms with E-state index < -0.39 is 12.1 Å². The Balaban J connectivity index is 2.98. The Morgan fingerprint density at radius 1 is 1.67 bits per heavy atom. The predicted octanol–water partition coefficient (Wildman–Crippen LogP) is 2.06. The highest BCUT2D eigenvalue weighted by atomic mass is 35.5. The molecule has 1 unspecified atom stereocenters. The van der Waals surface area contributed by atoms with Crippen molar-refractivity contribution in [2.24, 2.45) is 0 Å². The average molecular weight is 226 g/mol. The Bertz CT molecular complexity index is 425. The number of carboxylic acids is 1. The second-order valence-corrected chi connectivity index (χ2v) is 3.29. The van der Waals surface area contributed by atoms with E-state index in [0.29, 0.717) is 5.02 Å². The Hall–Kier alpha value is -1.73. The highest BCUT2D eigenvalue weighted by molar-refractivity contribution is 6.30. The Labute approximate surface area is 91.7 Å². The van der Waals surface area contributed by atoms with E-state index in [1.54, 1.807) is 6.07 Å². The van der Waals surface area contributed by atoms with Gasteiger partial charge >= 0.3 is 5.97 Å². The SMILES string of the molecule is CC(Oc1cc(Cl)ccc1C#N)C(=O)O. The van der Waals surface area contributed by atoms with Crippen LogP contribution in [0, 0.1) is 11.3 Å². The molecule has 0 saturated heterocycles. The zero-order valence-corrected chi connectivity index (χ0v) is 8.65. The standard InChI is InChI=1S/C10H8ClNO3/c1-6(10(13)14)15-9-4-8(11)3-2-7(9)5-12/h2-4,6H,1H3,(H,13,14). The fourth-order valence-corrected chi connectivity index (χ4v) is 1.09. The molecule has 0 saturated carbocycles. The Kier molecular flexibility index (Phi) is 3.53. The Morgan fingerprint density at radius 3 is 2.87 bits per heavy atom. The molecule has 0 aliphatic heterocycles. The van der Waals surface area contributed by atoms with Crippen LogP contribution in [0.5, 0.6) is 5.75 Å². The zero-order valence-electron chi connectivity index (χ0n) is 7.90. The van der Waals surface area contributed by atoms with Crippen LogP contribution >= 0.6 is 11.6 Å². The van der Waals surface area contributed by atoms with Crippen molar-refractivity contribution in [3.63, 3.8) is 0 Å². The van der Waals surface area contributed by atoms with Crippen LogP contribution in [0.25, 0.3) is 0 Å². The van der Waals surface area contributed by atoms with Gasteiger partial charge in [-0.1, -0.05) is 11.6 Å². The summed E-state index contributed by atoms with van der Waals surface area (Å²) in [6, 6.07) is 6.33. The van der Waals surface area contributed by atoms with Crippen LogP contribution in [0.2, 0.25) is 5.02 Å². The monoisotopic (exact) mass is 225 g/mol. The first-order valence-electron chi connectivity index (χ1n) is 4.13. The molecule has 1 rings (SSSR count). The first-order valence-corrected chi connectivity index (χ1v) is 4.51. The number of aliphatic carboxylic acids is 1. The molecule has 4 nitrogen and oxygen atoms in total. The maximum absolute atomic E-state index is 10.5. The molecule has 1 aromatic carbocycles. The van der Waals surface area contributed by atoms with Crippen molar-refractivity contribution in [2.75, 3.05) is 0 Å². The topological polar surface area (TPSA) is 70.3 Å². The summed E-state index contributed by atoms with van der Waals surface area (Å²) in [5.41, 5.74) is 0.257. The molecule has 0 amide bonds. The van der Waals surface area contributed by atoms with Gasteiger partial charge in [0, 0.05) is 11.1 Å². The quantitative estimate of drug-likeness (QED) is 0.855. The van der Waals surface area contributed by atoms with Crippen molar-refractivity contribution < 1.29 is 14.6 Å². The molecular weight excluding hydrogens is 218 g/mol. The minimum Gasteiger partial charge on any atom is -0.479 e. The van der Waals surface area contributed by atoms with E-state index in [2.05, 4.69) is 0 Å². The van der Waals surface area contributed by atoms with E-state index in [4.69, 9.17) is 26.7 Å². The van der Waals surface area contributed by atoms with E-state index in [1.807, 2.05) is 6.07 Å². The largest absolute Gasteiger partial charge is 0.479 e. The molecule has 1 aromatic rings. The van der Waals surface area contributed by atoms with Crippen LogP contribution < -0.4 is 4.74 Å². The van der Waals surface area contributed by atoms with Crippen LogP contribution in [0.3, 0.4) is 0 Å². The zero-order chi connectivity index (χ0) is 11.4. The number of halogens is 1. The molecule has 1 atom stereocenters. The van der Waals surface area contributed by atoms with Crippen molar-refractivity contribution in [3.05, 3.63) is 28.8 Å². The minimum absolute atomic E-state index is 0.180. The summed E-state index contributed by atoms with van der Waals surface area (Å²) in [4.78, 5) is 10.5. The van der Waals surface area contributed by atoms with E-state index in [1.165, 1.54) is 19.1 Å². The van der Waals surface area contributed by atoms with Gasteiger partial charge in [-0.15, -0.1) is 0 Å². The van der Waals surface area contributed by atoms with Crippen LogP contribution in [-0.4, -0.2) is 17.2 Å². The van der Waals surface area contributed by atoms with Crippen LogP contribution in [0.4, 0.5) is 0 Å². The van der Waals surface area contributed by atoms with Gasteiger partial charge in [0.15, 0.2) is 6.10 Å². The Morgan fingerprint density at radius 2 is 2.33 bits per heavy atom. The number of hydrogen-bond donors (Lipinski definition) is 1. The number of nitrogens with zero attached hydrogens (tertiary/aromatic N) is 1. The predicted molar refractivity (Wildman–Crippen MR) is 53.9 cm³/mol. The lowest BCUT2D eigenvalue weighted by atomic mass is 10.2. The molecule has 0 bridgehead atoms. The van der Waals surface area contributed by atoms with Crippen LogP contribution in [0.1, 0.15) is 12.5 Å². The first kappa shape index (κ1) is 11.3. The van der Waals surface area contributed by atoms with Gasteiger partial charge in [0.25, 0.3) is 0 Å². The van der Waals surface area contributed by atoms with E-state index >= 15 is 0 Å². The normalized spacial score (nSPS) is 11.5. The highest BCUT2D eigenvalue weighted by Crippen LogP contribution is 2.23. The van der Waals surface area contributed by atoms with Crippen molar-refractivity contribution in [3.8, 4) is 11.8 Å². The summed E-state index contributed by atoms with van der Waals surface area (Å²) in [5, 5.41) is 17.8. The van der Waals surface area contributed by atoms with Crippen LogP contribution in [-0.2, 0) is 4.79 Å². The number of benzene rings is 1. The fourth-order valence-electron chi connectivity index (χ4n) is 0.927. The van der Waals surface area contributed by atoms with Crippen molar-refractivity contribution >= 4 is 17.6 Å². The molecule has 0 aliphatic rings. The summed E-state index contributed by atoms with van der Waals surface area (Å²) in [5.74, 6) is -0.918. The van der Waals surface area contributed by atoms with Gasteiger partial charge in [-0.05, 0) is 19.1 Å². The van der Waals surface area contributed by atoms with Crippen LogP contribution in [0.15, 0.2) is 18.2 Å². The molecule has 1 N–H and O–H groups in total. The van der Waals surface area contributed by atoms with Crippen molar-refractivity contribution in [2.45, 2.75) is 13.0 Å². The number of ether oxygens (including phenoxy) is 1. The lowest BCUT2D eigenvalue weighted by Gasteiger charge is -2.11. The molecule has 0 aromatic heterocycles. The summed E-state index contributed by atoms with van der Waals surface area (Å²) in [6.07, 6.45) is -1.02. The van der Waals surface area contributed by atoms with Gasteiger partial charge in [-0.2, -0.15) is 5.26 Å². The molecule has 78 valence electrons. The maximum atomic E-state index is 10.5. The number of rotatable bonds is 3. The smallest absolute Gasteiger partial charge is 0.344 e. The molecule has 15 heavy (non-hydrogen) atoms. The van der Waals surface area contributed by atoms with Gasteiger partial charge in [0.1, 0.15) is 11.8 Å². The highest BCUT2D eigenvalue weighted by Gasteiger charge is 2.14. The van der Waals surface area contributed by atoms with Gasteiger partial charge in [0.05, 0.1) is 5.56 Å². The second-order valence-electron chi connectivity index (χ2n) is 2.85. The molecule has 0 radical (unpaired) electrons. The lowest BCUT2D eigenvalue weighted by Crippen LogP contribution is -2.23. The fraction of sp³-hybridized carbons (Fsp3) is 0.200. The second kappa shape index (κ2) is 4.67. The number of carbonyl (C=O) groups is 1. The summed E-state index contributed by atoms with van der Waals surface area (Å²) >= 11 is 5.70. The van der Waals surface area contributed by atoms with Crippen molar-refractivity contribution in [1.82, 2.24) is 0 Å². The molecule has 5 heteroatoms. The van der Waals surface area contributed by atoms with Gasteiger partial charge in [0.2, 0.25) is 0 Å². The van der Waals surface area contributed by atoms with Gasteiger partial charge in [-0.25, -0.2) is 4.79 Å². The first-order chi connectivity index (χ1) is 7.04. The summed E-state index contributed by atoms with van der Waals surface area (Å²) in [7, 11) is 0. The van der Waals surface area contributed by atoms with Crippen molar-refractivity contribution in [1.29, 1.82) is 5.26 Å². The third-order valence-corrected chi connectivity index (χ3v) is 1.95. The maximum Gasteiger partial charge on any atom is 0.344 e. The van der Waals surface area contributed by atoms with E-state index in [-0.39, 0.29) is 11.3 Å². The molecule has 0 aliphatic carbocycles. The van der Waals surface area contributed by atoms with E-state index in [0.717, 1.165) is 0 Å². The molecule has 0 heterocycles. The summed E-state index contributed by atoms with van der Waals surface area (Å²) < 4.78 is 5.07. The number of hydrogen-bond acceptors (Lipinski definition) is 3. The minimum atomic E-state index is -1.10. The van der Waals surface area contributed by atoms with Gasteiger partial charge in [-0.3, -0.25) is 0 Å². The number of nitriles is 1. The van der Waals surface area contributed by atoms with E-state index in [9.17, 15) is 4.79 Å². The molecule has 0 spiro atoms. The third kappa shape index (κ3) is 2.86. The average Bonchev–Trinajstić information content (AvgIpc) is 2.18. The summed E-state index contributed by atoms with van der Waals surface area (Å²) in [6.45, 7) is 1.38. The number of carboxylic acid groups (broad SMARTS) is 1.